The molecule has 0 saturated carbocycles. The number of hydrogen-bond acceptors (Lipinski definition) is 5. The molecule has 0 fully saturated rings. The quantitative estimate of drug-likeness (QED) is 0.359. The monoisotopic (exact) mass is 190 g/mol. The van der Waals surface area contributed by atoms with Gasteiger partial charge in [-0.3, -0.25) is 4.57 Å². The van der Waals surface area contributed by atoms with E-state index in [1.54, 1.807) is 0 Å². The first-order valence-electron chi connectivity index (χ1n) is 2.58. The van der Waals surface area contributed by atoms with Crippen LogP contribution < -0.4 is 34.5 Å². The molecule has 0 bridgehead atoms. The predicted octanol–water partition coefficient (Wildman–Crippen LogP) is -2.65. The van der Waals surface area contributed by atoms with Gasteiger partial charge in [0.2, 0.25) is 7.60 Å². The predicted molar refractivity (Wildman–Crippen MR) is 31.6 cm³/mol. The van der Waals surface area contributed by atoms with Crippen LogP contribution in [0.3, 0.4) is 0 Å². The standard InChI is InChI=1S/C4H9O5P.Na/c1-3-9-10(6,7)4(5)8-2;/h3H2,1-2H3,(H,6,7);/q;+1/p-1. The first kappa shape index (κ1) is 14.2. The van der Waals surface area contributed by atoms with E-state index in [1.165, 1.54) is 6.92 Å². The van der Waals surface area contributed by atoms with Crippen molar-refractivity contribution in [1.29, 1.82) is 0 Å². The van der Waals surface area contributed by atoms with Gasteiger partial charge in [0.25, 0.3) is 0 Å². The van der Waals surface area contributed by atoms with Crippen LogP contribution in [0.15, 0.2) is 0 Å². The van der Waals surface area contributed by atoms with Crippen molar-refractivity contribution >= 4 is 13.3 Å². The summed E-state index contributed by atoms with van der Waals surface area (Å²) in [6, 6.07) is 0. The van der Waals surface area contributed by atoms with Crippen molar-refractivity contribution in [1.82, 2.24) is 0 Å². The molecule has 0 aliphatic rings. The maximum Gasteiger partial charge on any atom is 1.00 e. The molecule has 0 radical (unpaired) electrons. The van der Waals surface area contributed by atoms with E-state index in [2.05, 4.69) is 9.26 Å². The van der Waals surface area contributed by atoms with Gasteiger partial charge < -0.3 is 14.2 Å². The molecule has 0 rings (SSSR count). The second-order valence-corrected chi connectivity index (χ2v) is 3.00. The summed E-state index contributed by atoms with van der Waals surface area (Å²) >= 11 is 0. The van der Waals surface area contributed by atoms with Crippen LogP contribution in [0.4, 0.5) is 4.79 Å². The van der Waals surface area contributed by atoms with Crippen molar-refractivity contribution < 1.29 is 53.1 Å². The SMILES string of the molecule is CCOP(=O)([O-])C(=O)OC.[Na+]. The average Bonchev–Trinajstić information content (AvgIpc) is 1.86. The van der Waals surface area contributed by atoms with Crippen molar-refractivity contribution in [3.8, 4) is 0 Å². The Kier molecular flexibility index (Phi) is 7.94. The third kappa shape index (κ3) is 4.95. The summed E-state index contributed by atoms with van der Waals surface area (Å²) in [6.07, 6.45) is 0. The van der Waals surface area contributed by atoms with Crippen LogP contribution in [0, 0.1) is 0 Å². The summed E-state index contributed by atoms with van der Waals surface area (Å²) in [6.45, 7) is 1.41. The first-order valence-corrected chi connectivity index (χ1v) is 4.13. The minimum Gasteiger partial charge on any atom is -0.770 e. The van der Waals surface area contributed by atoms with Crippen LogP contribution in [0.2, 0.25) is 0 Å². The van der Waals surface area contributed by atoms with E-state index in [9.17, 15) is 14.3 Å². The van der Waals surface area contributed by atoms with Crippen LogP contribution in [0.5, 0.6) is 0 Å². The van der Waals surface area contributed by atoms with Crippen molar-refractivity contribution in [3.05, 3.63) is 0 Å². The Bertz CT molecular complexity index is 170. The van der Waals surface area contributed by atoms with E-state index >= 15 is 0 Å². The Labute approximate surface area is 86.9 Å². The summed E-state index contributed by atoms with van der Waals surface area (Å²) in [5, 5.41) is 0. The summed E-state index contributed by atoms with van der Waals surface area (Å²) in [4.78, 5) is 20.8. The summed E-state index contributed by atoms with van der Waals surface area (Å²) < 4.78 is 18.5. The molecule has 0 aromatic heterocycles. The van der Waals surface area contributed by atoms with Crippen LogP contribution in [-0.2, 0) is 13.8 Å². The zero-order valence-corrected chi connectivity index (χ0v) is 9.59. The fourth-order valence-electron chi connectivity index (χ4n) is 0.334. The van der Waals surface area contributed by atoms with Gasteiger partial charge in [-0.25, -0.2) is 4.79 Å². The smallest absolute Gasteiger partial charge is 0.770 e. The zero-order valence-electron chi connectivity index (χ0n) is 6.70. The van der Waals surface area contributed by atoms with E-state index < -0.39 is 13.3 Å². The van der Waals surface area contributed by atoms with Crippen LogP contribution in [0.1, 0.15) is 6.92 Å². The molecule has 0 aliphatic carbocycles. The second kappa shape index (κ2) is 6.17. The summed E-state index contributed by atoms with van der Waals surface area (Å²) in [5.41, 5.74) is -1.34. The van der Waals surface area contributed by atoms with Crippen molar-refractivity contribution in [3.63, 3.8) is 0 Å². The maximum atomic E-state index is 10.5. The van der Waals surface area contributed by atoms with Crippen LogP contribution in [0.25, 0.3) is 0 Å². The number of ether oxygens (including phenoxy) is 1. The molecular formula is C4H8NaO5P. The van der Waals surface area contributed by atoms with Gasteiger partial charge in [-0.05, 0) is 6.92 Å². The molecule has 0 amide bonds. The van der Waals surface area contributed by atoms with E-state index in [4.69, 9.17) is 0 Å². The van der Waals surface area contributed by atoms with Crippen molar-refractivity contribution in [2.45, 2.75) is 6.92 Å². The molecular weight excluding hydrogens is 182 g/mol. The Balaban J connectivity index is 0. The Hall–Kier alpha value is 0.620. The molecule has 0 N–H and O–H groups in total. The van der Waals surface area contributed by atoms with Crippen molar-refractivity contribution in [2.75, 3.05) is 13.7 Å². The maximum absolute atomic E-state index is 10.5. The van der Waals surface area contributed by atoms with Gasteiger partial charge in [-0.2, -0.15) is 0 Å². The largest absolute Gasteiger partial charge is 1.00 e. The zero-order chi connectivity index (χ0) is 8.20. The number of hydrogen-bond donors (Lipinski definition) is 0. The van der Waals surface area contributed by atoms with Gasteiger partial charge in [0.1, 0.15) is 0 Å². The molecule has 0 heterocycles. The molecule has 5 nitrogen and oxygen atoms in total. The van der Waals surface area contributed by atoms with Crippen molar-refractivity contribution in [2.24, 2.45) is 0 Å². The topological polar surface area (TPSA) is 75.7 Å². The molecule has 0 saturated heterocycles. The minimum atomic E-state index is -4.39. The van der Waals surface area contributed by atoms with Gasteiger partial charge in [0.15, 0.2) is 0 Å². The van der Waals surface area contributed by atoms with Gasteiger partial charge in [-0.1, -0.05) is 0 Å². The fourth-order valence-corrected chi connectivity index (χ4v) is 1.00. The number of methoxy groups -OCH3 is 1. The van der Waals surface area contributed by atoms with Gasteiger partial charge >= 0.3 is 35.3 Å². The molecule has 60 valence electrons. The molecule has 11 heavy (non-hydrogen) atoms. The van der Waals surface area contributed by atoms with E-state index in [0.717, 1.165) is 7.11 Å². The molecule has 0 aromatic rings. The molecule has 1 unspecified atom stereocenters. The van der Waals surface area contributed by atoms with Gasteiger partial charge in [0.05, 0.1) is 13.7 Å². The molecule has 7 heteroatoms. The summed E-state index contributed by atoms with van der Waals surface area (Å²) in [7, 11) is -3.42. The third-order valence-electron chi connectivity index (χ3n) is 0.697. The Morgan fingerprint density at radius 2 is 2.09 bits per heavy atom. The Morgan fingerprint density at radius 1 is 1.64 bits per heavy atom. The minimum absolute atomic E-state index is 0. The second-order valence-electron chi connectivity index (χ2n) is 1.39. The Morgan fingerprint density at radius 3 is 2.36 bits per heavy atom. The first-order chi connectivity index (χ1) is 4.54. The normalized spacial score (nSPS) is 14.5. The van der Waals surface area contributed by atoms with E-state index in [-0.39, 0.29) is 36.2 Å². The number of carbonyl (C=O) groups excluding carboxylic acids is 1. The molecule has 0 aromatic carbocycles. The fraction of sp³-hybridized carbons (Fsp3) is 0.750. The van der Waals surface area contributed by atoms with Crippen LogP contribution in [-0.4, -0.2) is 19.4 Å². The number of rotatable bonds is 3. The third-order valence-corrected chi connectivity index (χ3v) is 1.93. The van der Waals surface area contributed by atoms with Gasteiger partial charge in [0, 0.05) is 0 Å². The van der Waals surface area contributed by atoms with E-state index in [1.807, 2.05) is 0 Å². The number of carbonyl (C=O) groups is 1. The molecule has 0 spiro atoms. The summed E-state index contributed by atoms with van der Waals surface area (Å²) in [5.74, 6) is 0. The van der Waals surface area contributed by atoms with Crippen LogP contribution >= 0.6 is 7.60 Å². The molecule has 1 atom stereocenters. The molecule has 0 aliphatic heterocycles. The van der Waals surface area contributed by atoms with Gasteiger partial charge in [-0.15, -0.1) is 0 Å². The van der Waals surface area contributed by atoms with E-state index in [0.29, 0.717) is 0 Å². The average molecular weight is 190 g/mol.